The molecule has 3 rings (SSSR count). The van der Waals surface area contributed by atoms with Gasteiger partial charge in [0.25, 0.3) is 0 Å². The summed E-state index contributed by atoms with van der Waals surface area (Å²) in [6, 6.07) is 14.4. The number of hydrogen-bond donors (Lipinski definition) is 4. The molecule has 6 nitrogen and oxygen atoms in total. The van der Waals surface area contributed by atoms with Gasteiger partial charge in [0.1, 0.15) is 12.4 Å². The van der Waals surface area contributed by atoms with E-state index in [1.165, 1.54) is 18.2 Å². The van der Waals surface area contributed by atoms with E-state index in [9.17, 15) is 19.4 Å². The summed E-state index contributed by atoms with van der Waals surface area (Å²) < 4.78 is 19.1. The molecule has 1 aliphatic rings. The number of aliphatic hydroxyl groups is 2. The van der Waals surface area contributed by atoms with Crippen LogP contribution in [0.5, 0.6) is 0 Å². The molecule has 0 bridgehead atoms. The van der Waals surface area contributed by atoms with Crippen molar-refractivity contribution >= 4 is 5.97 Å². The molecule has 7 heteroatoms. The van der Waals surface area contributed by atoms with E-state index in [-0.39, 0.29) is 24.3 Å². The highest BCUT2D eigenvalue weighted by Gasteiger charge is 2.33. The van der Waals surface area contributed by atoms with Crippen molar-refractivity contribution in [2.75, 3.05) is 19.7 Å². The standard InChI is InChI=1S/C20H23FN2O4/c21-15-9-5-4-8-14(15)20(26)27-12-17(13-6-2-1-3-7-13)22-10-16-19(25)18(24)11-23-16/h1-9,16-19,22-25H,10-12H2/t16-,17+,18+,19-/m1/s1. The minimum absolute atomic E-state index is 0.00253. The Morgan fingerprint density at radius 3 is 2.56 bits per heavy atom. The van der Waals surface area contributed by atoms with E-state index >= 15 is 0 Å². The van der Waals surface area contributed by atoms with Crippen LogP contribution < -0.4 is 10.6 Å². The van der Waals surface area contributed by atoms with Crippen molar-refractivity contribution in [1.29, 1.82) is 0 Å². The van der Waals surface area contributed by atoms with Gasteiger partial charge in [0.05, 0.1) is 23.8 Å². The number of carbonyl (C=O) groups is 1. The Hall–Kier alpha value is -2.32. The van der Waals surface area contributed by atoms with Crippen LogP contribution in [0.15, 0.2) is 54.6 Å². The van der Waals surface area contributed by atoms with Gasteiger partial charge in [0, 0.05) is 19.1 Å². The van der Waals surface area contributed by atoms with Crippen LogP contribution in [0.3, 0.4) is 0 Å². The molecule has 0 aromatic heterocycles. The zero-order chi connectivity index (χ0) is 19.2. The summed E-state index contributed by atoms with van der Waals surface area (Å²) in [4.78, 5) is 12.2. The number of halogens is 1. The van der Waals surface area contributed by atoms with Gasteiger partial charge < -0.3 is 25.6 Å². The van der Waals surface area contributed by atoms with E-state index in [1.807, 2.05) is 30.3 Å². The van der Waals surface area contributed by atoms with E-state index in [0.29, 0.717) is 13.1 Å². The zero-order valence-corrected chi connectivity index (χ0v) is 14.7. The van der Waals surface area contributed by atoms with Gasteiger partial charge in [-0.3, -0.25) is 0 Å². The van der Waals surface area contributed by atoms with Crippen molar-refractivity contribution in [3.8, 4) is 0 Å². The molecule has 4 N–H and O–H groups in total. The highest BCUT2D eigenvalue weighted by Crippen LogP contribution is 2.16. The van der Waals surface area contributed by atoms with Gasteiger partial charge in [-0.05, 0) is 17.7 Å². The van der Waals surface area contributed by atoms with E-state index in [2.05, 4.69) is 10.6 Å². The molecule has 2 aromatic rings. The summed E-state index contributed by atoms with van der Waals surface area (Å²) in [6.45, 7) is 0.698. The number of ether oxygens (including phenoxy) is 1. The third-order valence-corrected chi connectivity index (χ3v) is 4.66. The maximum Gasteiger partial charge on any atom is 0.341 e. The number of β-amino-alcohol motifs (C(OH)–C–C–N with tert-alkyl or cyclic N) is 1. The van der Waals surface area contributed by atoms with Gasteiger partial charge in [-0.1, -0.05) is 42.5 Å². The molecule has 2 aromatic carbocycles. The number of esters is 1. The van der Waals surface area contributed by atoms with E-state index in [4.69, 9.17) is 4.74 Å². The van der Waals surface area contributed by atoms with Gasteiger partial charge in [0.15, 0.2) is 0 Å². The lowest BCUT2D eigenvalue weighted by molar-refractivity contribution is 0.0374. The van der Waals surface area contributed by atoms with Gasteiger partial charge in [-0.15, -0.1) is 0 Å². The number of benzene rings is 2. The minimum Gasteiger partial charge on any atom is -0.460 e. The predicted octanol–water partition coefficient (Wildman–Crippen LogP) is 1.01. The van der Waals surface area contributed by atoms with Crippen LogP contribution in [0.4, 0.5) is 4.39 Å². The molecule has 27 heavy (non-hydrogen) atoms. The molecule has 144 valence electrons. The number of hydrogen-bond acceptors (Lipinski definition) is 6. The molecule has 0 saturated carbocycles. The van der Waals surface area contributed by atoms with Crippen LogP contribution in [-0.2, 0) is 4.74 Å². The SMILES string of the molecule is O=C(OC[C@H](NC[C@H]1NC[C@H](O)[C@@H]1O)c1ccccc1)c1ccccc1F. The molecule has 1 fully saturated rings. The molecular weight excluding hydrogens is 351 g/mol. The second kappa shape index (κ2) is 9.05. The smallest absolute Gasteiger partial charge is 0.341 e. The first kappa shape index (κ1) is 19.4. The van der Waals surface area contributed by atoms with E-state index in [1.54, 1.807) is 6.07 Å². The lowest BCUT2D eigenvalue weighted by Crippen LogP contribution is -2.43. The fourth-order valence-electron chi connectivity index (χ4n) is 3.07. The van der Waals surface area contributed by atoms with Crippen molar-refractivity contribution in [2.45, 2.75) is 24.3 Å². The van der Waals surface area contributed by atoms with Crippen LogP contribution in [0.2, 0.25) is 0 Å². The summed E-state index contributed by atoms with van der Waals surface area (Å²) in [7, 11) is 0. The Morgan fingerprint density at radius 1 is 1.19 bits per heavy atom. The Balaban J connectivity index is 1.64. The Bertz CT molecular complexity index is 759. The molecule has 0 spiro atoms. The highest BCUT2D eigenvalue weighted by atomic mass is 19.1. The Labute approximate surface area is 157 Å². The Morgan fingerprint density at radius 2 is 1.89 bits per heavy atom. The summed E-state index contributed by atoms with van der Waals surface area (Å²) in [5.41, 5.74) is 0.784. The first-order chi connectivity index (χ1) is 13.1. The van der Waals surface area contributed by atoms with Crippen LogP contribution in [0.1, 0.15) is 22.0 Å². The predicted molar refractivity (Wildman–Crippen MR) is 97.7 cm³/mol. The second-order valence-corrected chi connectivity index (χ2v) is 6.52. The number of aliphatic hydroxyl groups excluding tert-OH is 2. The third-order valence-electron chi connectivity index (χ3n) is 4.66. The molecule has 0 aliphatic carbocycles. The summed E-state index contributed by atoms with van der Waals surface area (Å²) in [5, 5.41) is 25.9. The molecule has 1 aliphatic heterocycles. The monoisotopic (exact) mass is 374 g/mol. The fraction of sp³-hybridized carbons (Fsp3) is 0.350. The Kier molecular flexibility index (Phi) is 6.52. The zero-order valence-electron chi connectivity index (χ0n) is 14.7. The van der Waals surface area contributed by atoms with Crippen molar-refractivity contribution in [2.24, 2.45) is 0 Å². The molecule has 4 atom stereocenters. The highest BCUT2D eigenvalue weighted by molar-refractivity contribution is 5.89. The van der Waals surface area contributed by atoms with Gasteiger partial charge >= 0.3 is 5.97 Å². The van der Waals surface area contributed by atoms with Crippen molar-refractivity contribution in [1.82, 2.24) is 10.6 Å². The topological polar surface area (TPSA) is 90.8 Å². The largest absolute Gasteiger partial charge is 0.460 e. The average Bonchev–Trinajstić information content (AvgIpc) is 3.01. The molecular formula is C20H23FN2O4. The third kappa shape index (κ3) is 4.90. The first-order valence-electron chi connectivity index (χ1n) is 8.85. The maximum atomic E-state index is 13.7. The number of carbonyl (C=O) groups excluding carboxylic acids is 1. The molecule has 0 radical (unpaired) electrons. The van der Waals surface area contributed by atoms with Crippen LogP contribution in [-0.4, -0.2) is 54.1 Å². The van der Waals surface area contributed by atoms with E-state index in [0.717, 1.165) is 5.56 Å². The van der Waals surface area contributed by atoms with Gasteiger partial charge in [-0.25, -0.2) is 9.18 Å². The summed E-state index contributed by atoms with van der Waals surface area (Å²) in [5.74, 6) is -1.36. The van der Waals surface area contributed by atoms with Crippen LogP contribution in [0, 0.1) is 5.82 Å². The van der Waals surface area contributed by atoms with Crippen molar-refractivity contribution < 1.29 is 24.1 Å². The molecule has 1 saturated heterocycles. The fourth-order valence-corrected chi connectivity index (χ4v) is 3.07. The summed E-state index contributed by atoms with van der Waals surface area (Å²) in [6.07, 6.45) is -1.67. The molecule has 0 unspecified atom stereocenters. The number of rotatable bonds is 7. The quantitative estimate of drug-likeness (QED) is 0.541. The van der Waals surface area contributed by atoms with Crippen LogP contribution >= 0.6 is 0 Å². The van der Waals surface area contributed by atoms with Crippen molar-refractivity contribution in [3.05, 3.63) is 71.5 Å². The first-order valence-corrected chi connectivity index (χ1v) is 8.85. The van der Waals surface area contributed by atoms with E-state index < -0.39 is 24.0 Å². The summed E-state index contributed by atoms with van der Waals surface area (Å²) >= 11 is 0. The second-order valence-electron chi connectivity index (χ2n) is 6.52. The lowest BCUT2D eigenvalue weighted by atomic mass is 10.1. The van der Waals surface area contributed by atoms with Gasteiger partial charge in [0.2, 0.25) is 0 Å². The van der Waals surface area contributed by atoms with Gasteiger partial charge in [-0.2, -0.15) is 0 Å². The molecule has 1 heterocycles. The lowest BCUT2D eigenvalue weighted by Gasteiger charge is -2.23. The number of nitrogens with one attached hydrogen (secondary N) is 2. The van der Waals surface area contributed by atoms with Crippen LogP contribution in [0.25, 0.3) is 0 Å². The normalized spacial score (nSPS) is 23.1. The minimum atomic E-state index is -0.866. The van der Waals surface area contributed by atoms with Crippen molar-refractivity contribution in [3.63, 3.8) is 0 Å². The maximum absolute atomic E-state index is 13.7. The molecule has 0 amide bonds. The average molecular weight is 374 g/mol.